The molecule has 0 saturated carbocycles. The Kier molecular flexibility index (Phi) is 5.61. The van der Waals surface area contributed by atoms with Crippen LogP contribution in [-0.4, -0.2) is 15.0 Å². The second-order valence-corrected chi connectivity index (χ2v) is 6.35. The highest BCUT2D eigenvalue weighted by atomic mass is 32.2. The van der Waals surface area contributed by atoms with E-state index < -0.39 is 0 Å². The molecule has 6 nitrogen and oxygen atoms in total. The number of hydrogen-bond acceptors (Lipinski definition) is 7. The standard InChI is InChI=1S/C18H15FN6S/c19-14-5-7-15(8-6-14)22-18-24-16(23-17(21)25-18)11-26-10-13-3-1-12(9-20)2-4-13/h1-8H,10-11H2,(H3,21,22,23,24,25). The molecule has 1 aromatic heterocycles. The summed E-state index contributed by atoms with van der Waals surface area (Å²) in [6.07, 6.45) is 0. The van der Waals surface area contributed by atoms with E-state index in [4.69, 9.17) is 11.0 Å². The van der Waals surface area contributed by atoms with Crippen molar-refractivity contribution < 1.29 is 4.39 Å². The third-order valence-corrected chi connectivity index (χ3v) is 4.38. The number of rotatable bonds is 6. The number of aromatic nitrogens is 3. The molecule has 130 valence electrons. The van der Waals surface area contributed by atoms with Crippen molar-refractivity contribution in [3.63, 3.8) is 0 Å². The number of nitrogen functional groups attached to an aromatic ring is 1. The summed E-state index contributed by atoms with van der Waals surface area (Å²) in [4.78, 5) is 12.5. The molecule has 0 aliphatic heterocycles. The summed E-state index contributed by atoms with van der Waals surface area (Å²) < 4.78 is 13.0. The second kappa shape index (κ2) is 8.27. The Hall–Kier alpha value is -3.18. The maximum Gasteiger partial charge on any atom is 0.232 e. The summed E-state index contributed by atoms with van der Waals surface area (Å²) >= 11 is 1.63. The van der Waals surface area contributed by atoms with Crippen molar-refractivity contribution in [3.8, 4) is 6.07 Å². The lowest BCUT2D eigenvalue weighted by Gasteiger charge is -2.07. The quantitative estimate of drug-likeness (QED) is 0.687. The first-order valence-electron chi connectivity index (χ1n) is 7.72. The Labute approximate surface area is 154 Å². The van der Waals surface area contributed by atoms with E-state index in [0.29, 0.717) is 28.8 Å². The number of hydrogen-bond donors (Lipinski definition) is 2. The van der Waals surface area contributed by atoms with Crippen LogP contribution in [0, 0.1) is 17.1 Å². The molecule has 0 atom stereocenters. The Morgan fingerprint density at radius 3 is 2.42 bits per heavy atom. The van der Waals surface area contributed by atoms with E-state index in [1.54, 1.807) is 36.0 Å². The summed E-state index contributed by atoms with van der Waals surface area (Å²) in [5, 5.41) is 11.8. The lowest BCUT2D eigenvalue weighted by Crippen LogP contribution is -2.06. The summed E-state index contributed by atoms with van der Waals surface area (Å²) in [5.74, 6) is 2.01. The average Bonchev–Trinajstić information content (AvgIpc) is 2.64. The number of nitriles is 1. The number of benzene rings is 2. The van der Waals surface area contributed by atoms with Crippen LogP contribution in [0.5, 0.6) is 0 Å². The van der Waals surface area contributed by atoms with Crippen LogP contribution < -0.4 is 11.1 Å². The zero-order chi connectivity index (χ0) is 18.4. The highest BCUT2D eigenvalue weighted by Gasteiger charge is 2.06. The van der Waals surface area contributed by atoms with E-state index in [1.807, 2.05) is 12.1 Å². The molecule has 0 bridgehead atoms. The second-order valence-electron chi connectivity index (χ2n) is 5.37. The van der Waals surface area contributed by atoms with Gasteiger partial charge in [-0.2, -0.15) is 20.2 Å². The lowest BCUT2D eigenvalue weighted by molar-refractivity contribution is 0.628. The summed E-state index contributed by atoms with van der Waals surface area (Å²) in [5.41, 5.74) is 8.16. The number of anilines is 3. The van der Waals surface area contributed by atoms with Crippen LogP contribution in [0.3, 0.4) is 0 Å². The van der Waals surface area contributed by atoms with Gasteiger partial charge in [0.2, 0.25) is 11.9 Å². The predicted octanol–water partition coefficient (Wildman–Crippen LogP) is 3.64. The van der Waals surface area contributed by atoms with Gasteiger partial charge in [0.15, 0.2) is 0 Å². The summed E-state index contributed by atoms with van der Waals surface area (Å²) in [6.45, 7) is 0. The van der Waals surface area contributed by atoms with Crippen LogP contribution in [0.2, 0.25) is 0 Å². The van der Waals surface area contributed by atoms with Crippen molar-refractivity contribution in [1.29, 1.82) is 5.26 Å². The Bertz CT molecular complexity index is 922. The van der Waals surface area contributed by atoms with E-state index >= 15 is 0 Å². The molecule has 3 N–H and O–H groups in total. The molecule has 0 spiro atoms. The fraction of sp³-hybridized carbons (Fsp3) is 0.111. The summed E-state index contributed by atoms with van der Waals surface area (Å²) in [7, 11) is 0. The number of thioether (sulfide) groups is 1. The van der Waals surface area contributed by atoms with Gasteiger partial charge in [-0.1, -0.05) is 12.1 Å². The van der Waals surface area contributed by atoms with E-state index in [2.05, 4.69) is 26.3 Å². The zero-order valence-corrected chi connectivity index (χ0v) is 14.5. The molecule has 26 heavy (non-hydrogen) atoms. The third kappa shape index (κ3) is 4.91. The van der Waals surface area contributed by atoms with Crippen molar-refractivity contribution in [2.75, 3.05) is 11.1 Å². The predicted molar refractivity (Wildman–Crippen MR) is 100 cm³/mol. The smallest absolute Gasteiger partial charge is 0.232 e. The number of nitrogens with zero attached hydrogens (tertiary/aromatic N) is 4. The van der Waals surface area contributed by atoms with Gasteiger partial charge in [0, 0.05) is 11.4 Å². The van der Waals surface area contributed by atoms with Gasteiger partial charge in [-0.05, 0) is 42.0 Å². The normalized spacial score (nSPS) is 10.3. The SMILES string of the molecule is N#Cc1ccc(CSCc2nc(N)nc(Nc3ccc(F)cc3)n2)cc1. The van der Waals surface area contributed by atoms with Crippen LogP contribution in [0.4, 0.5) is 22.0 Å². The fourth-order valence-electron chi connectivity index (χ4n) is 2.16. The van der Waals surface area contributed by atoms with Crippen molar-refractivity contribution in [3.05, 3.63) is 71.3 Å². The van der Waals surface area contributed by atoms with Gasteiger partial charge in [-0.15, -0.1) is 11.8 Å². The molecule has 0 saturated heterocycles. The van der Waals surface area contributed by atoms with Crippen molar-refractivity contribution in [2.45, 2.75) is 11.5 Å². The summed E-state index contributed by atoms with van der Waals surface area (Å²) in [6, 6.07) is 15.4. The monoisotopic (exact) mass is 366 g/mol. The largest absolute Gasteiger partial charge is 0.368 e. The molecule has 3 aromatic rings. The first-order chi connectivity index (χ1) is 12.6. The number of halogens is 1. The molecule has 0 amide bonds. The maximum atomic E-state index is 13.0. The fourth-order valence-corrected chi connectivity index (χ4v) is 3.00. The van der Waals surface area contributed by atoms with E-state index in [1.165, 1.54) is 12.1 Å². The number of nitrogens with one attached hydrogen (secondary N) is 1. The molecule has 8 heteroatoms. The van der Waals surface area contributed by atoms with Crippen LogP contribution in [0.25, 0.3) is 0 Å². The van der Waals surface area contributed by atoms with E-state index in [0.717, 1.165) is 11.3 Å². The molecule has 0 fully saturated rings. The van der Waals surface area contributed by atoms with Gasteiger partial charge in [-0.25, -0.2) is 4.39 Å². The van der Waals surface area contributed by atoms with Crippen LogP contribution in [0.15, 0.2) is 48.5 Å². The highest BCUT2D eigenvalue weighted by Crippen LogP contribution is 2.19. The van der Waals surface area contributed by atoms with Crippen LogP contribution in [-0.2, 0) is 11.5 Å². The zero-order valence-electron chi connectivity index (χ0n) is 13.7. The molecule has 0 radical (unpaired) electrons. The van der Waals surface area contributed by atoms with Gasteiger partial charge >= 0.3 is 0 Å². The van der Waals surface area contributed by atoms with Gasteiger partial charge in [-0.3, -0.25) is 0 Å². The molecular formula is C18H15FN6S. The molecule has 1 heterocycles. The van der Waals surface area contributed by atoms with Crippen molar-refractivity contribution in [2.24, 2.45) is 0 Å². The van der Waals surface area contributed by atoms with Crippen LogP contribution in [0.1, 0.15) is 17.0 Å². The minimum atomic E-state index is -0.314. The minimum absolute atomic E-state index is 0.124. The van der Waals surface area contributed by atoms with Gasteiger partial charge in [0.25, 0.3) is 0 Å². The Morgan fingerprint density at radius 2 is 1.73 bits per heavy atom. The van der Waals surface area contributed by atoms with Gasteiger partial charge in [0.05, 0.1) is 17.4 Å². The van der Waals surface area contributed by atoms with E-state index in [-0.39, 0.29) is 11.8 Å². The lowest BCUT2D eigenvalue weighted by atomic mass is 10.2. The first kappa shape index (κ1) is 17.6. The van der Waals surface area contributed by atoms with Crippen LogP contribution >= 0.6 is 11.8 Å². The molecule has 0 aliphatic rings. The van der Waals surface area contributed by atoms with Crippen molar-refractivity contribution >= 4 is 29.3 Å². The molecule has 3 rings (SSSR count). The van der Waals surface area contributed by atoms with E-state index in [9.17, 15) is 4.39 Å². The highest BCUT2D eigenvalue weighted by molar-refractivity contribution is 7.97. The third-order valence-electron chi connectivity index (χ3n) is 3.38. The maximum absolute atomic E-state index is 13.0. The van der Waals surface area contributed by atoms with Gasteiger partial charge < -0.3 is 11.1 Å². The van der Waals surface area contributed by atoms with Crippen molar-refractivity contribution in [1.82, 2.24) is 15.0 Å². The average molecular weight is 366 g/mol. The molecular weight excluding hydrogens is 351 g/mol. The molecule has 0 unspecified atom stereocenters. The minimum Gasteiger partial charge on any atom is -0.368 e. The van der Waals surface area contributed by atoms with Gasteiger partial charge in [0.1, 0.15) is 11.6 Å². The molecule has 0 aliphatic carbocycles. The Balaban J connectivity index is 1.61. The Morgan fingerprint density at radius 1 is 1.00 bits per heavy atom. The first-order valence-corrected chi connectivity index (χ1v) is 8.87. The molecule has 2 aromatic carbocycles. The topological polar surface area (TPSA) is 101 Å². The number of nitrogens with two attached hydrogens (primary N) is 1.